The van der Waals surface area contributed by atoms with E-state index < -0.39 is 0 Å². The predicted molar refractivity (Wildman–Crippen MR) is 159 cm³/mol. The standard InChI is InChI=1S/C34H24BrNO/c35-29-14-8-16-32-33(29)28-19-21(17-18-31(28)37-32)26-20-27-24-12-6-7-15-30(24)36(22-9-2-1-3-10-22)34(27)25-13-5-4-11-23(25)26/h1-9,11-14,16-20,22,30H,10,15H2. The minimum atomic E-state index is 0.367. The number of halogens is 1. The molecule has 8 rings (SSSR count). The van der Waals surface area contributed by atoms with Gasteiger partial charge in [0.1, 0.15) is 11.2 Å². The Balaban J connectivity index is 1.41. The Labute approximate surface area is 224 Å². The van der Waals surface area contributed by atoms with E-state index in [0.29, 0.717) is 12.1 Å². The fourth-order valence-corrected chi connectivity index (χ4v) is 7.09. The number of nitrogens with zero attached hydrogens (tertiary/aromatic N) is 1. The van der Waals surface area contributed by atoms with Gasteiger partial charge >= 0.3 is 0 Å². The van der Waals surface area contributed by atoms with Crippen LogP contribution in [0.3, 0.4) is 0 Å². The summed E-state index contributed by atoms with van der Waals surface area (Å²) >= 11 is 3.75. The van der Waals surface area contributed by atoms with Crippen molar-refractivity contribution in [1.82, 2.24) is 0 Å². The van der Waals surface area contributed by atoms with Crippen molar-refractivity contribution in [2.24, 2.45) is 0 Å². The first-order valence-electron chi connectivity index (χ1n) is 12.9. The molecule has 3 aliphatic rings. The highest BCUT2D eigenvalue weighted by atomic mass is 79.9. The number of allylic oxidation sites excluding steroid dienone is 4. The molecule has 4 aromatic carbocycles. The normalized spacial score (nSPS) is 20.1. The summed E-state index contributed by atoms with van der Waals surface area (Å²) in [5, 5.41) is 4.89. The van der Waals surface area contributed by atoms with Gasteiger partial charge in [-0.25, -0.2) is 0 Å². The Morgan fingerprint density at radius 1 is 0.757 bits per heavy atom. The maximum absolute atomic E-state index is 6.17. The molecule has 2 atom stereocenters. The average Bonchev–Trinajstić information content (AvgIpc) is 3.49. The van der Waals surface area contributed by atoms with Crippen LogP contribution in [-0.4, -0.2) is 12.1 Å². The van der Waals surface area contributed by atoms with Crippen molar-refractivity contribution in [3.8, 4) is 11.1 Å². The second kappa shape index (κ2) is 8.09. The largest absolute Gasteiger partial charge is 0.456 e. The summed E-state index contributed by atoms with van der Waals surface area (Å²) in [5.74, 6) is 0. The van der Waals surface area contributed by atoms with E-state index in [1.54, 1.807) is 0 Å². The van der Waals surface area contributed by atoms with Crippen LogP contribution in [0, 0.1) is 0 Å². The molecule has 3 heteroatoms. The van der Waals surface area contributed by atoms with E-state index in [9.17, 15) is 0 Å². The van der Waals surface area contributed by atoms with Crippen molar-refractivity contribution >= 4 is 59.9 Å². The molecule has 0 amide bonds. The summed E-state index contributed by atoms with van der Waals surface area (Å²) in [4.78, 5) is 2.68. The van der Waals surface area contributed by atoms with Crippen molar-refractivity contribution in [1.29, 1.82) is 0 Å². The van der Waals surface area contributed by atoms with E-state index in [1.807, 2.05) is 12.1 Å². The Morgan fingerprint density at radius 2 is 1.65 bits per heavy atom. The van der Waals surface area contributed by atoms with Gasteiger partial charge < -0.3 is 9.32 Å². The van der Waals surface area contributed by atoms with Crippen LogP contribution in [0.5, 0.6) is 0 Å². The smallest absolute Gasteiger partial charge is 0.136 e. The van der Waals surface area contributed by atoms with E-state index in [2.05, 4.69) is 118 Å². The summed E-state index contributed by atoms with van der Waals surface area (Å²) < 4.78 is 7.23. The molecule has 2 unspecified atom stereocenters. The van der Waals surface area contributed by atoms with E-state index in [4.69, 9.17) is 4.42 Å². The maximum Gasteiger partial charge on any atom is 0.136 e. The van der Waals surface area contributed by atoms with Gasteiger partial charge in [-0.3, -0.25) is 0 Å². The summed E-state index contributed by atoms with van der Waals surface area (Å²) in [6, 6.07) is 24.9. The molecule has 2 nitrogen and oxygen atoms in total. The quantitative estimate of drug-likeness (QED) is 0.221. The Hall–Kier alpha value is -3.82. The zero-order chi connectivity index (χ0) is 24.5. The predicted octanol–water partition coefficient (Wildman–Crippen LogP) is 9.59. The van der Waals surface area contributed by atoms with Crippen LogP contribution in [0.4, 0.5) is 5.69 Å². The lowest BCUT2D eigenvalue weighted by Gasteiger charge is -2.35. The molecule has 0 spiro atoms. The number of hydrogen-bond donors (Lipinski definition) is 0. The average molecular weight is 542 g/mol. The van der Waals surface area contributed by atoms with Crippen molar-refractivity contribution < 1.29 is 4.42 Å². The van der Waals surface area contributed by atoms with Gasteiger partial charge in [0, 0.05) is 26.2 Å². The van der Waals surface area contributed by atoms with Crippen LogP contribution >= 0.6 is 15.9 Å². The third-order valence-corrected chi connectivity index (χ3v) is 8.78. The highest BCUT2D eigenvalue weighted by Crippen LogP contribution is 2.51. The monoisotopic (exact) mass is 541 g/mol. The van der Waals surface area contributed by atoms with Gasteiger partial charge in [-0.2, -0.15) is 0 Å². The molecule has 0 saturated carbocycles. The minimum Gasteiger partial charge on any atom is -0.456 e. The summed E-state index contributed by atoms with van der Waals surface area (Å²) in [6.45, 7) is 0. The van der Waals surface area contributed by atoms with Crippen LogP contribution in [0.1, 0.15) is 18.4 Å². The van der Waals surface area contributed by atoms with Crippen LogP contribution in [0.25, 0.3) is 49.4 Å². The molecule has 2 aliphatic carbocycles. The van der Waals surface area contributed by atoms with Crippen molar-refractivity contribution in [3.05, 3.63) is 119 Å². The molecule has 178 valence electrons. The molecule has 5 aromatic rings. The van der Waals surface area contributed by atoms with Gasteiger partial charge in [-0.1, -0.05) is 94.9 Å². The number of furan rings is 1. The summed E-state index contributed by atoms with van der Waals surface area (Å²) in [6.07, 6.45) is 18.0. The Bertz CT molecular complexity index is 1870. The van der Waals surface area contributed by atoms with Crippen LogP contribution < -0.4 is 4.90 Å². The van der Waals surface area contributed by atoms with Crippen molar-refractivity contribution in [2.75, 3.05) is 4.90 Å². The first-order valence-corrected chi connectivity index (χ1v) is 13.7. The molecular weight excluding hydrogens is 518 g/mol. The lowest BCUT2D eigenvalue weighted by Crippen LogP contribution is -2.40. The fourth-order valence-electron chi connectivity index (χ4n) is 6.52. The van der Waals surface area contributed by atoms with Gasteiger partial charge in [-0.05, 0) is 65.3 Å². The lowest BCUT2D eigenvalue weighted by molar-refractivity contribution is 0.643. The second-order valence-corrected chi connectivity index (χ2v) is 11.0. The number of benzene rings is 4. The first kappa shape index (κ1) is 21.3. The van der Waals surface area contributed by atoms with E-state index in [-0.39, 0.29) is 0 Å². The SMILES string of the molecule is Brc1cccc2oc3ccc(-c4cc5c(c6ccccc46)N(C4C=CC=CC4)C4CC=CC=C54)cc3c12. The molecule has 1 aromatic heterocycles. The Morgan fingerprint density at radius 3 is 2.54 bits per heavy atom. The maximum atomic E-state index is 6.17. The number of hydrogen-bond acceptors (Lipinski definition) is 2. The number of rotatable bonds is 2. The van der Waals surface area contributed by atoms with Crippen LogP contribution in [0.15, 0.2) is 118 Å². The molecule has 0 saturated heterocycles. The van der Waals surface area contributed by atoms with Gasteiger partial charge in [-0.15, -0.1) is 0 Å². The molecule has 2 heterocycles. The molecule has 0 bridgehead atoms. The molecule has 0 radical (unpaired) electrons. The van der Waals surface area contributed by atoms with Crippen molar-refractivity contribution in [3.63, 3.8) is 0 Å². The molecule has 37 heavy (non-hydrogen) atoms. The van der Waals surface area contributed by atoms with Crippen LogP contribution in [0.2, 0.25) is 0 Å². The van der Waals surface area contributed by atoms with Gasteiger partial charge in [0.15, 0.2) is 0 Å². The fraction of sp³-hybridized carbons (Fsp3) is 0.118. The molecule has 0 fully saturated rings. The number of anilines is 1. The summed E-state index contributed by atoms with van der Waals surface area (Å²) in [5.41, 5.74) is 8.49. The van der Waals surface area contributed by atoms with Crippen molar-refractivity contribution in [2.45, 2.75) is 24.9 Å². The minimum absolute atomic E-state index is 0.367. The second-order valence-electron chi connectivity index (χ2n) is 10.1. The van der Waals surface area contributed by atoms with Gasteiger partial charge in [0.25, 0.3) is 0 Å². The molecule has 1 aliphatic heterocycles. The topological polar surface area (TPSA) is 16.4 Å². The highest BCUT2D eigenvalue weighted by Gasteiger charge is 2.38. The third-order valence-electron chi connectivity index (χ3n) is 8.12. The van der Waals surface area contributed by atoms with Gasteiger partial charge in [0.2, 0.25) is 0 Å². The van der Waals surface area contributed by atoms with E-state index in [0.717, 1.165) is 39.3 Å². The molecular formula is C34H24BrNO. The lowest BCUT2D eigenvalue weighted by atomic mass is 9.90. The first-order chi connectivity index (χ1) is 18.3. The Kier molecular flexibility index (Phi) is 4.65. The molecule has 0 N–H and O–H groups in total. The zero-order valence-electron chi connectivity index (χ0n) is 20.2. The summed E-state index contributed by atoms with van der Waals surface area (Å²) in [7, 11) is 0. The van der Waals surface area contributed by atoms with Gasteiger partial charge in [0.05, 0.1) is 17.8 Å². The third kappa shape index (κ3) is 3.10. The van der Waals surface area contributed by atoms with E-state index >= 15 is 0 Å². The van der Waals surface area contributed by atoms with E-state index in [1.165, 1.54) is 38.7 Å². The highest BCUT2D eigenvalue weighted by molar-refractivity contribution is 9.10. The van der Waals surface area contributed by atoms with Crippen LogP contribution in [-0.2, 0) is 0 Å². The number of fused-ring (bicyclic) bond motifs is 8. The zero-order valence-corrected chi connectivity index (χ0v) is 21.8.